The van der Waals surface area contributed by atoms with E-state index in [0.29, 0.717) is 64.3 Å². The molecule has 4 fully saturated rings. The first-order valence-corrected chi connectivity index (χ1v) is 26.3. The fourth-order valence-electron chi connectivity index (χ4n) is 7.92. The molecule has 4 aliphatic rings. The SMILES string of the molecule is C1CCCC1.C1CCCC1.CCO[Si](CCCCC(=O)CC1CCCC1)(OCC)OCC.CCO[Si](CCCNC(=O)C1CCCC1)(OCC)OCC.[CH3-].[CH3-].[CH3-].[CH3-].[Fe+2].[Fe+2]. The smallest absolute Gasteiger partial charge is 0.374 e. The molecule has 0 aromatic carbocycles. The largest absolute Gasteiger partial charge is 2.00 e. The number of Topliss-reactive ketones (excluding diaryl/α,β-unsaturated/α-hetero) is 1. The van der Waals surface area contributed by atoms with Crippen LogP contribution in [0.4, 0.5) is 0 Å². The third-order valence-corrected chi connectivity index (χ3v) is 16.9. The van der Waals surface area contributed by atoms with E-state index in [9.17, 15) is 9.59 Å². The summed E-state index contributed by atoms with van der Waals surface area (Å²) < 4.78 is 34.9. The van der Waals surface area contributed by atoms with Crippen molar-refractivity contribution >= 4 is 29.3 Å². The Morgan fingerprint density at radius 2 is 0.797 bits per heavy atom. The molecular weight excluding hydrogens is 862 g/mol. The van der Waals surface area contributed by atoms with Gasteiger partial charge in [-0.25, -0.2) is 0 Å². The zero-order valence-electron chi connectivity index (χ0n) is 40.3. The third kappa shape index (κ3) is 35.4. The molecule has 9 nitrogen and oxygen atoms in total. The summed E-state index contributed by atoms with van der Waals surface area (Å²) in [7, 11) is -5.06. The normalized spacial score (nSPS) is 16.0. The average molecular weight is 960 g/mol. The minimum atomic E-state index is -2.55. The van der Waals surface area contributed by atoms with E-state index in [1.165, 1.54) is 103 Å². The van der Waals surface area contributed by atoms with Crippen molar-refractivity contribution in [1.82, 2.24) is 5.32 Å². The second kappa shape index (κ2) is 47.8. The molecule has 1 N–H and O–H groups in total. The predicted molar refractivity (Wildman–Crippen MR) is 248 cm³/mol. The molecule has 4 saturated carbocycles. The van der Waals surface area contributed by atoms with Crippen LogP contribution in [-0.2, 0) is 70.3 Å². The summed E-state index contributed by atoms with van der Waals surface area (Å²) in [5, 5.41) is 3.04. The van der Waals surface area contributed by atoms with E-state index in [1.54, 1.807) is 0 Å². The summed E-state index contributed by atoms with van der Waals surface area (Å²) in [6, 6.07) is 1.58. The van der Waals surface area contributed by atoms with Crippen LogP contribution in [0.25, 0.3) is 0 Å². The van der Waals surface area contributed by atoms with Gasteiger partial charge >= 0.3 is 51.7 Å². The van der Waals surface area contributed by atoms with Crippen LogP contribution < -0.4 is 5.32 Å². The van der Waals surface area contributed by atoms with Crippen LogP contribution in [-0.4, -0.2) is 75.5 Å². The first kappa shape index (κ1) is 71.0. The van der Waals surface area contributed by atoms with Gasteiger partial charge in [0.05, 0.1) is 0 Å². The fraction of sp³-hybridized carbons (Fsp3) is 0.870. The van der Waals surface area contributed by atoms with Crippen molar-refractivity contribution in [3.05, 3.63) is 29.7 Å². The van der Waals surface area contributed by atoms with Gasteiger partial charge in [-0.05, 0) is 79.6 Å². The Morgan fingerprint density at radius 1 is 0.475 bits per heavy atom. The molecule has 0 atom stereocenters. The molecular formula is C46H97Fe2NO8Si2. The maximum atomic E-state index is 12.0. The molecule has 0 aliphatic heterocycles. The van der Waals surface area contributed by atoms with Crippen molar-refractivity contribution in [3.63, 3.8) is 0 Å². The second-order valence-corrected chi connectivity index (χ2v) is 20.4. The zero-order chi connectivity index (χ0) is 38.9. The van der Waals surface area contributed by atoms with Crippen LogP contribution in [0.3, 0.4) is 0 Å². The minimum Gasteiger partial charge on any atom is -0.374 e. The number of amides is 1. The summed E-state index contributed by atoms with van der Waals surface area (Å²) in [5.74, 6) is 1.54. The Morgan fingerprint density at radius 3 is 1.14 bits per heavy atom. The molecule has 0 spiro atoms. The molecule has 0 bridgehead atoms. The van der Waals surface area contributed by atoms with Crippen LogP contribution in [0.5, 0.6) is 0 Å². The number of carbonyl (C=O) groups excluding carboxylic acids is 2. The summed E-state index contributed by atoms with van der Waals surface area (Å²) in [4.78, 5) is 24.0. The molecule has 59 heavy (non-hydrogen) atoms. The van der Waals surface area contributed by atoms with Gasteiger partial charge in [0.15, 0.2) is 0 Å². The van der Waals surface area contributed by atoms with Crippen molar-refractivity contribution in [1.29, 1.82) is 0 Å². The Bertz CT molecular complexity index is 817. The number of carbonyl (C=O) groups is 2. The first-order chi connectivity index (χ1) is 25.8. The van der Waals surface area contributed by atoms with Gasteiger partial charge in [0, 0.05) is 77.0 Å². The molecule has 0 aromatic heterocycles. The monoisotopic (exact) mass is 960 g/mol. The van der Waals surface area contributed by atoms with E-state index < -0.39 is 17.6 Å². The average Bonchev–Trinajstić information content (AvgIpc) is 4.00. The number of nitrogens with one attached hydrogen (secondary N) is 1. The molecule has 4 aliphatic carbocycles. The summed E-state index contributed by atoms with van der Waals surface area (Å²) >= 11 is 0. The van der Waals surface area contributed by atoms with E-state index in [2.05, 4.69) is 5.32 Å². The standard InChI is InChI=1S/C17H34O4Si.C15H31NO4Si.2C5H10.4CH3.2Fe/c1-4-19-22(20-5-2,21-6-3)14-10-9-13-17(18)15-16-11-7-8-12-16;1-4-18-21(19-5-2,20-6-3)13-9-12-16-15(17)14-10-7-8-11-14;2*1-2-4-5-3-1;;;;;;/h16H,4-15H2,1-3H3;14H,4-13H2,1-3H3,(H,16,17);2*1-5H2;4*1H3;;/q;;;;4*-1;2*+2. The zero-order valence-corrected chi connectivity index (χ0v) is 44.5. The Hall–Kier alpha value is 0.373. The van der Waals surface area contributed by atoms with Crippen LogP contribution in [0.15, 0.2) is 0 Å². The minimum absolute atomic E-state index is 0. The van der Waals surface area contributed by atoms with E-state index in [0.717, 1.165) is 50.6 Å². The molecule has 0 saturated heterocycles. The number of hydrogen-bond acceptors (Lipinski definition) is 8. The molecule has 4 rings (SSSR count). The molecule has 0 heterocycles. The van der Waals surface area contributed by atoms with Gasteiger partial charge in [0.2, 0.25) is 5.91 Å². The molecule has 1 amide bonds. The summed E-state index contributed by atoms with van der Waals surface area (Å²) in [6.45, 7) is 16.1. The number of rotatable bonds is 24. The van der Waals surface area contributed by atoms with Gasteiger partial charge in [-0.15, -0.1) is 0 Å². The van der Waals surface area contributed by atoms with E-state index >= 15 is 0 Å². The molecule has 0 radical (unpaired) electrons. The van der Waals surface area contributed by atoms with Crippen LogP contribution in [0.2, 0.25) is 12.1 Å². The molecule has 0 unspecified atom stereocenters. The van der Waals surface area contributed by atoms with Crippen molar-refractivity contribution in [2.45, 2.75) is 201 Å². The molecule has 0 aromatic rings. The number of hydrogen-bond donors (Lipinski definition) is 1. The quantitative estimate of drug-likeness (QED) is 0.0580. The molecule has 358 valence electrons. The van der Waals surface area contributed by atoms with Crippen LogP contribution in [0.1, 0.15) is 189 Å². The van der Waals surface area contributed by atoms with Crippen molar-refractivity contribution in [2.24, 2.45) is 11.8 Å². The topological polar surface area (TPSA) is 102 Å². The van der Waals surface area contributed by atoms with E-state index in [1.807, 2.05) is 41.5 Å². The third-order valence-electron chi connectivity index (χ3n) is 10.6. The van der Waals surface area contributed by atoms with Gasteiger partial charge < -0.3 is 61.6 Å². The van der Waals surface area contributed by atoms with Gasteiger partial charge in [-0.1, -0.05) is 103 Å². The van der Waals surface area contributed by atoms with Gasteiger partial charge in [0.1, 0.15) is 5.78 Å². The maximum absolute atomic E-state index is 12.0. The van der Waals surface area contributed by atoms with Crippen molar-refractivity contribution < 1.29 is 70.3 Å². The van der Waals surface area contributed by atoms with E-state index in [4.69, 9.17) is 26.6 Å². The van der Waals surface area contributed by atoms with Crippen LogP contribution >= 0.6 is 0 Å². The number of unbranched alkanes of at least 4 members (excludes halogenated alkanes) is 1. The van der Waals surface area contributed by atoms with E-state index in [-0.39, 0.29) is 75.7 Å². The maximum Gasteiger partial charge on any atom is 2.00 e. The van der Waals surface area contributed by atoms with Crippen molar-refractivity contribution in [3.8, 4) is 0 Å². The second-order valence-electron chi connectivity index (χ2n) is 15.0. The Balaban J connectivity index is -0.000000177. The fourth-order valence-corrected chi connectivity index (χ4v) is 13.2. The predicted octanol–water partition coefficient (Wildman–Crippen LogP) is 12.8. The Labute approximate surface area is 391 Å². The first-order valence-electron chi connectivity index (χ1n) is 22.5. The summed E-state index contributed by atoms with van der Waals surface area (Å²) in [5.41, 5.74) is 0. The van der Waals surface area contributed by atoms with Gasteiger partial charge in [0.25, 0.3) is 0 Å². The van der Waals surface area contributed by atoms with Crippen molar-refractivity contribution in [2.75, 3.05) is 46.2 Å². The van der Waals surface area contributed by atoms with Gasteiger partial charge in [-0.3, -0.25) is 9.59 Å². The number of ketones is 1. The molecule has 13 heteroatoms. The Kier molecular flexibility index (Phi) is 57.6. The van der Waals surface area contributed by atoms with Crippen LogP contribution in [0, 0.1) is 41.5 Å². The van der Waals surface area contributed by atoms with Gasteiger partial charge in [-0.2, -0.15) is 0 Å². The summed E-state index contributed by atoms with van der Waals surface area (Å²) in [6.07, 6.45) is 28.8.